The van der Waals surface area contributed by atoms with Gasteiger partial charge in [-0.25, -0.2) is 4.39 Å². The lowest BCUT2D eigenvalue weighted by Crippen LogP contribution is -2.43. The maximum absolute atomic E-state index is 13.1. The Morgan fingerprint density at radius 3 is 2.89 bits per heavy atom. The summed E-state index contributed by atoms with van der Waals surface area (Å²) in [5, 5.41) is 6.06. The number of benzene rings is 1. The van der Waals surface area contributed by atoms with Gasteiger partial charge in [-0.1, -0.05) is 18.0 Å². The molecule has 18 heavy (non-hydrogen) atoms. The number of hydrogen-bond donors (Lipinski definition) is 2. The van der Waals surface area contributed by atoms with Gasteiger partial charge in [0.25, 0.3) is 0 Å². The Morgan fingerprint density at radius 2 is 2.28 bits per heavy atom. The van der Waals surface area contributed by atoms with Crippen LogP contribution in [-0.2, 0) is 4.79 Å². The molecule has 6 heteroatoms. The second-order valence-corrected chi connectivity index (χ2v) is 5.50. The van der Waals surface area contributed by atoms with Crippen LogP contribution in [0.4, 0.5) is 10.1 Å². The first-order valence-electron chi connectivity index (χ1n) is 5.76. The minimum Gasteiger partial charge on any atom is -0.322 e. The summed E-state index contributed by atoms with van der Waals surface area (Å²) in [7, 11) is 0. The number of hydrogen-bond acceptors (Lipinski definition) is 2. The number of nitrogens with one attached hydrogen (secondary N) is 2. The zero-order valence-corrected chi connectivity index (χ0v) is 11.9. The number of piperidine rings is 1. The van der Waals surface area contributed by atoms with E-state index in [1.165, 1.54) is 12.1 Å². The van der Waals surface area contributed by atoms with Gasteiger partial charge in [0.1, 0.15) is 5.82 Å². The lowest BCUT2D eigenvalue weighted by atomic mass is 10.0. The predicted octanol–water partition coefficient (Wildman–Crippen LogP) is 3.32. The quantitative estimate of drug-likeness (QED) is 0.870. The molecule has 1 heterocycles. The van der Waals surface area contributed by atoms with Crippen molar-refractivity contribution in [3.05, 3.63) is 27.4 Å². The van der Waals surface area contributed by atoms with E-state index in [4.69, 9.17) is 11.6 Å². The number of rotatable bonds is 2. The van der Waals surface area contributed by atoms with E-state index in [0.29, 0.717) is 10.2 Å². The number of carbonyl (C=O) groups is 1. The molecule has 2 N–H and O–H groups in total. The summed E-state index contributed by atoms with van der Waals surface area (Å²) in [4.78, 5) is 12.0. The van der Waals surface area contributed by atoms with Crippen LogP contribution < -0.4 is 10.6 Å². The van der Waals surface area contributed by atoms with E-state index in [0.717, 1.165) is 25.8 Å². The van der Waals surface area contributed by atoms with Crippen molar-refractivity contribution in [3.8, 4) is 0 Å². The van der Waals surface area contributed by atoms with Crippen molar-refractivity contribution >= 4 is 39.1 Å². The predicted molar refractivity (Wildman–Crippen MR) is 73.4 cm³/mol. The van der Waals surface area contributed by atoms with E-state index in [1.807, 2.05) is 0 Å². The molecular weight excluding hydrogens is 323 g/mol. The van der Waals surface area contributed by atoms with Crippen molar-refractivity contribution in [3.63, 3.8) is 0 Å². The topological polar surface area (TPSA) is 41.1 Å². The fourth-order valence-electron chi connectivity index (χ4n) is 1.95. The fourth-order valence-corrected chi connectivity index (χ4v) is 2.85. The molecule has 0 radical (unpaired) electrons. The van der Waals surface area contributed by atoms with Crippen LogP contribution in [0.15, 0.2) is 16.6 Å². The Balaban J connectivity index is 2.11. The van der Waals surface area contributed by atoms with Crippen molar-refractivity contribution in [2.75, 3.05) is 11.9 Å². The van der Waals surface area contributed by atoms with Crippen LogP contribution in [0.5, 0.6) is 0 Å². The van der Waals surface area contributed by atoms with Gasteiger partial charge in [-0.2, -0.15) is 0 Å². The molecule has 1 amide bonds. The highest BCUT2D eigenvalue weighted by Gasteiger charge is 2.22. The van der Waals surface area contributed by atoms with Crippen LogP contribution in [-0.4, -0.2) is 18.5 Å². The lowest BCUT2D eigenvalue weighted by Gasteiger charge is -2.23. The molecule has 0 aliphatic carbocycles. The summed E-state index contributed by atoms with van der Waals surface area (Å²) >= 11 is 9.10. The summed E-state index contributed by atoms with van der Waals surface area (Å²) in [5.41, 5.74) is 0.412. The molecule has 0 saturated carbocycles. The second kappa shape index (κ2) is 5.99. The maximum atomic E-state index is 13.1. The molecule has 1 aromatic carbocycles. The molecule has 1 aliphatic rings. The van der Waals surface area contributed by atoms with Gasteiger partial charge in [0.15, 0.2) is 0 Å². The molecule has 2 rings (SSSR count). The van der Waals surface area contributed by atoms with E-state index < -0.39 is 5.82 Å². The molecule has 0 spiro atoms. The van der Waals surface area contributed by atoms with Crippen LogP contribution in [0.3, 0.4) is 0 Å². The minimum atomic E-state index is -0.444. The molecule has 3 nitrogen and oxygen atoms in total. The van der Waals surface area contributed by atoms with Crippen molar-refractivity contribution < 1.29 is 9.18 Å². The van der Waals surface area contributed by atoms with Crippen molar-refractivity contribution in [1.29, 1.82) is 0 Å². The highest BCUT2D eigenvalue weighted by Crippen LogP contribution is 2.31. The molecular formula is C12H13BrClFN2O. The zero-order valence-electron chi connectivity index (χ0n) is 9.60. The molecule has 1 aliphatic heterocycles. The van der Waals surface area contributed by atoms with E-state index in [-0.39, 0.29) is 17.0 Å². The number of anilines is 1. The molecule has 0 bridgehead atoms. The molecule has 0 unspecified atom stereocenters. The van der Waals surface area contributed by atoms with Gasteiger partial charge in [-0.05, 0) is 47.4 Å². The smallest absolute Gasteiger partial charge is 0.241 e. The lowest BCUT2D eigenvalue weighted by molar-refractivity contribution is -0.118. The summed E-state index contributed by atoms with van der Waals surface area (Å²) in [6.07, 6.45) is 2.93. The van der Waals surface area contributed by atoms with Gasteiger partial charge in [0.2, 0.25) is 5.91 Å². The number of carbonyl (C=O) groups excluding carboxylic acids is 1. The summed E-state index contributed by atoms with van der Waals surface area (Å²) in [6, 6.07) is 2.25. The van der Waals surface area contributed by atoms with Gasteiger partial charge in [0, 0.05) is 4.47 Å². The largest absolute Gasteiger partial charge is 0.322 e. The standard InChI is InChI=1S/C12H13BrClFN2O/c13-8-5-7(15)6-9(14)11(8)17-12(18)10-3-1-2-4-16-10/h5-6,10,16H,1-4H2,(H,17,18)/t10-/m1/s1. The van der Waals surface area contributed by atoms with Crippen LogP contribution in [0.2, 0.25) is 5.02 Å². The third-order valence-corrected chi connectivity index (χ3v) is 3.81. The third kappa shape index (κ3) is 3.22. The van der Waals surface area contributed by atoms with Crippen LogP contribution in [0.25, 0.3) is 0 Å². The Morgan fingerprint density at radius 1 is 1.50 bits per heavy atom. The summed E-state index contributed by atoms with van der Waals surface area (Å²) < 4.78 is 13.5. The molecule has 1 saturated heterocycles. The van der Waals surface area contributed by atoms with Gasteiger partial charge < -0.3 is 10.6 Å². The first-order valence-corrected chi connectivity index (χ1v) is 6.94. The van der Waals surface area contributed by atoms with E-state index in [1.54, 1.807) is 0 Å². The van der Waals surface area contributed by atoms with Crippen molar-refractivity contribution in [1.82, 2.24) is 5.32 Å². The Kier molecular flexibility index (Phi) is 4.59. The molecule has 1 aromatic rings. The first-order chi connectivity index (χ1) is 8.58. The van der Waals surface area contributed by atoms with E-state index in [9.17, 15) is 9.18 Å². The summed E-state index contributed by atoms with van der Waals surface area (Å²) in [5.74, 6) is -0.579. The van der Waals surface area contributed by atoms with Crippen LogP contribution in [0.1, 0.15) is 19.3 Å². The highest BCUT2D eigenvalue weighted by atomic mass is 79.9. The molecule has 1 fully saturated rings. The third-order valence-electron chi connectivity index (χ3n) is 2.88. The first kappa shape index (κ1) is 13.8. The van der Waals surface area contributed by atoms with Crippen LogP contribution in [0, 0.1) is 5.82 Å². The van der Waals surface area contributed by atoms with E-state index >= 15 is 0 Å². The average Bonchev–Trinajstić information content (AvgIpc) is 2.34. The Hall–Kier alpha value is -0.650. The van der Waals surface area contributed by atoms with Gasteiger partial charge in [-0.3, -0.25) is 4.79 Å². The molecule has 98 valence electrons. The monoisotopic (exact) mass is 334 g/mol. The average molecular weight is 336 g/mol. The maximum Gasteiger partial charge on any atom is 0.241 e. The summed E-state index contributed by atoms with van der Waals surface area (Å²) in [6.45, 7) is 0.844. The van der Waals surface area contributed by atoms with Crippen molar-refractivity contribution in [2.45, 2.75) is 25.3 Å². The zero-order chi connectivity index (χ0) is 13.1. The number of amides is 1. The molecule has 1 atom stereocenters. The molecule has 0 aromatic heterocycles. The van der Waals surface area contributed by atoms with Gasteiger partial charge >= 0.3 is 0 Å². The second-order valence-electron chi connectivity index (χ2n) is 4.24. The van der Waals surface area contributed by atoms with Crippen LogP contribution >= 0.6 is 27.5 Å². The van der Waals surface area contributed by atoms with Gasteiger partial charge in [0.05, 0.1) is 16.8 Å². The Labute approximate surface area is 118 Å². The van der Waals surface area contributed by atoms with E-state index in [2.05, 4.69) is 26.6 Å². The highest BCUT2D eigenvalue weighted by molar-refractivity contribution is 9.10. The minimum absolute atomic E-state index is 0.135. The normalized spacial score (nSPS) is 19.6. The van der Waals surface area contributed by atoms with Crippen molar-refractivity contribution in [2.24, 2.45) is 0 Å². The SMILES string of the molecule is O=C(Nc1c(Cl)cc(F)cc1Br)[C@H]1CCCCN1. The number of halogens is 3. The van der Waals surface area contributed by atoms with Gasteiger partial charge in [-0.15, -0.1) is 0 Å². The Bertz CT molecular complexity index is 440. The fraction of sp³-hybridized carbons (Fsp3) is 0.417.